The third-order valence-corrected chi connectivity index (χ3v) is 5.40. The van der Waals surface area contributed by atoms with E-state index in [-0.39, 0.29) is 5.75 Å². The Balaban J connectivity index is 1.44. The van der Waals surface area contributed by atoms with Gasteiger partial charge in [-0.15, -0.1) is 8.42 Å². The Bertz CT molecular complexity index is 1160. The molecular weight excluding hydrogens is 468 g/mol. The van der Waals surface area contributed by atoms with E-state index in [0.717, 1.165) is 5.56 Å². The highest BCUT2D eigenvalue weighted by Gasteiger charge is 2.33. The second kappa shape index (κ2) is 10.5. The minimum absolute atomic E-state index is 0.0144. The number of anilines is 1. The van der Waals surface area contributed by atoms with Gasteiger partial charge in [-0.05, 0) is 57.0 Å². The molecule has 2 aromatic carbocycles. The molecule has 0 aliphatic carbocycles. The van der Waals surface area contributed by atoms with Crippen molar-refractivity contribution in [2.24, 2.45) is 5.16 Å². The minimum atomic E-state index is -4.41. The molecule has 1 aliphatic rings. The molecule has 0 bridgehead atoms. The van der Waals surface area contributed by atoms with E-state index in [1.807, 2.05) is 6.07 Å². The fourth-order valence-corrected chi connectivity index (χ4v) is 3.68. The Hall–Kier alpha value is -3.67. The minimum Gasteiger partial charge on any atom is -0.494 e. The number of oxime groups is 1. The third kappa shape index (κ3) is 6.44. The molecule has 0 saturated heterocycles. The number of benzene rings is 2. The molecule has 0 spiro atoms. The molecular formula is C22H26N2O9S. The first-order chi connectivity index (χ1) is 16.1. The van der Waals surface area contributed by atoms with Crippen LogP contribution in [0.5, 0.6) is 23.0 Å². The Kier molecular flexibility index (Phi) is 7.72. The summed E-state index contributed by atoms with van der Waals surface area (Å²) in [6, 6.07) is 9.55. The summed E-state index contributed by atoms with van der Waals surface area (Å²) in [4.78, 5) is 11.6. The van der Waals surface area contributed by atoms with Crippen molar-refractivity contribution in [1.82, 2.24) is 0 Å². The fraction of sp³-hybridized carbons (Fsp3) is 0.364. The molecule has 11 nitrogen and oxygen atoms in total. The second-order valence-corrected chi connectivity index (χ2v) is 8.73. The van der Waals surface area contributed by atoms with Gasteiger partial charge in [-0.2, -0.15) is 0 Å². The molecule has 34 heavy (non-hydrogen) atoms. The molecule has 184 valence electrons. The normalized spacial score (nSPS) is 14.5. The number of nitrogens with zero attached hydrogens (tertiary/aromatic N) is 1. The number of nitrogens with one attached hydrogen (secondary N) is 1. The van der Waals surface area contributed by atoms with Gasteiger partial charge in [0.2, 0.25) is 0 Å². The van der Waals surface area contributed by atoms with E-state index in [1.54, 1.807) is 26.0 Å². The van der Waals surface area contributed by atoms with Gasteiger partial charge < -0.3 is 23.1 Å². The molecule has 1 amide bonds. The van der Waals surface area contributed by atoms with Gasteiger partial charge in [-0.25, -0.2) is 9.08 Å². The zero-order valence-electron chi connectivity index (χ0n) is 19.2. The smallest absolute Gasteiger partial charge is 0.494 e. The molecule has 0 saturated carbocycles. The molecule has 0 atom stereocenters. The van der Waals surface area contributed by atoms with Gasteiger partial charge in [0.1, 0.15) is 17.1 Å². The van der Waals surface area contributed by atoms with E-state index in [0.29, 0.717) is 42.4 Å². The Morgan fingerprint density at radius 1 is 1.06 bits per heavy atom. The number of ether oxygens (including phenoxy) is 4. The summed E-state index contributed by atoms with van der Waals surface area (Å²) in [6.45, 7) is 3.95. The van der Waals surface area contributed by atoms with Crippen molar-refractivity contribution < 1.29 is 40.6 Å². The molecule has 12 heteroatoms. The van der Waals surface area contributed by atoms with Crippen molar-refractivity contribution in [2.75, 3.05) is 26.1 Å². The van der Waals surface area contributed by atoms with Crippen LogP contribution in [0.4, 0.5) is 10.5 Å². The van der Waals surface area contributed by atoms with Gasteiger partial charge in [0.25, 0.3) is 0 Å². The molecule has 1 heterocycles. The van der Waals surface area contributed by atoms with Crippen LogP contribution >= 0.6 is 0 Å². The highest BCUT2D eigenvalue weighted by atomic mass is 32.3. The summed E-state index contributed by atoms with van der Waals surface area (Å²) in [6.07, 6.45) is 1.76. The van der Waals surface area contributed by atoms with Gasteiger partial charge in [-0.3, -0.25) is 5.32 Å². The number of hydrogen-bond acceptors (Lipinski definition) is 10. The number of cyclic esters (lactones) is 1. The van der Waals surface area contributed by atoms with Crippen molar-refractivity contribution in [3.8, 4) is 23.0 Å². The molecule has 1 N–H and O–H groups in total. The topological polar surface area (TPSA) is 131 Å². The van der Waals surface area contributed by atoms with Crippen LogP contribution in [0.2, 0.25) is 0 Å². The van der Waals surface area contributed by atoms with Crippen LogP contribution in [0.1, 0.15) is 32.3 Å². The van der Waals surface area contributed by atoms with E-state index < -0.39 is 22.1 Å². The standard InChI is InChI=1S/C22H26N2O9S/c1-22(2)17-13-15(7-9-18(17)24-21(25)31-22)30-12-6-5-11-23-33-34(26,27)32-16-8-10-19(28-3)20(14-16)29-4/h7-11,13-14H,5-6,12H2,1-4H3,(H,24,25). The summed E-state index contributed by atoms with van der Waals surface area (Å²) in [5, 5.41) is 6.09. The molecule has 0 aromatic heterocycles. The zero-order valence-corrected chi connectivity index (χ0v) is 20.0. The lowest BCUT2D eigenvalue weighted by molar-refractivity contribution is 0.0418. The van der Waals surface area contributed by atoms with Crippen LogP contribution in [0, 0.1) is 0 Å². The Morgan fingerprint density at radius 3 is 2.53 bits per heavy atom. The van der Waals surface area contributed by atoms with Crippen LogP contribution in [0.25, 0.3) is 0 Å². The predicted octanol–water partition coefficient (Wildman–Crippen LogP) is 3.99. The SMILES string of the molecule is COc1ccc(OS(=O)(=O)ON=CCCCOc2ccc3c(c2)C(C)(C)OC(=O)N3)cc1OC. The molecule has 0 fully saturated rings. The highest BCUT2D eigenvalue weighted by molar-refractivity contribution is 7.82. The fourth-order valence-electron chi connectivity index (χ4n) is 3.14. The summed E-state index contributed by atoms with van der Waals surface area (Å²) in [5.74, 6) is 1.33. The third-order valence-electron chi connectivity index (χ3n) is 4.73. The van der Waals surface area contributed by atoms with Crippen molar-refractivity contribution >= 4 is 28.4 Å². The van der Waals surface area contributed by atoms with Gasteiger partial charge in [-0.1, -0.05) is 5.16 Å². The number of hydrogen-bond donors (Lipinski definition) is 1. The van der Waals surface area contributed by atoms with Crippen molar-refractivity contribution in [2.45, 2.75) is 32.3 Å². The summed E-state index contributed by atoms with van der Waals surface area (Å²) >= 11 is 0. The number of carbonyl (C=O) groups excluding carboxylic acids is 1. The maximum absolute atomic E-state index is 11.9. The summed E-state index contributed by atoms with van der Waals surface area (Å²) in [5.41, 5.74) is 0.708. The second-order valence-electron chi connectivity index (χ2n) is 7.59. The number of carbonyl (C=O) groups is 1. The zero-order chi connectivity index (χ0) is 24.8. The maximum Gasteiger partial charge on any atom is 0.521 e. The average molecular weight is 495 g/mol. The van der Waals surface area contributed by atoms with Gasteiger partial charge in [0.15, 0.2) is 11.5 Å². The summed E-state index contributed by atoms with van der Waals surface area (Å²) < 4.78 is 54.4. The number of fused-ring (bicyclic) bond motifs is 1. The number of methoxy groups -OCH3 is 2. The predicted molar refractivity (Wildman–Crippen MR) is 123 cm³/mol. The van der Waals surface area contributed by atoms with Gasteiger partial charge >= 0.3 is 16.5 Å². The van der Waals surface area contributed by atoms with E-state index in [9.17, 15) is 13.2 Å². The number of rotatable bonds is 11. The molecule has 1 aliphatic heterocycles. The van der Waals surface area contributed by atoms with Gasteiger partial charge in [0, 0.05) is 17.8 Å². The molecule has 0 unspecified atom stereocenters. The van der Waals surface area contributed by atoms with Crippen LogP contribution in [-0.2, 0) is 25.0 Å². The Labute approximate surface area is 197 Å². The monoisotopic (exact) mass is 494 g/mol. The molecule has 0 radical (unpaired) electrons. The number of amides is 1. The van der Waals surface area contributed by atoms with E-state index in [2.05, 4.69) is 14.8 Å². The lowest BCUT2D eigenvalue weighted by Gasteiger charge is -2.32. The quantitative estimate of drug-likeness (QED) is 0.280. The van der Waals surface area contributed by atoms with Crippen molar-refractivity contribution in [3.63, 3.8) is 0 Å². The maximum atomic E-state index is 11.9. The highest BCUT2D eigenvalue weighted by Crippen LogP contribution is 2.37. The van der Waals surface area contributed by atoms with Crippen molar-refractivity contribution in [3.05, 3.63) is 42.0 Å². The average Bonchev–Trinajstić information content (AvgIpc) is 2.77. The van der Waals surface area contributed by atoms with E-state index in [4.69, 9.17) is 23.1 Å². The van der Waals surface area contributed by atoms with E-state index in [1.165, 1.54) is 38.6 Å². The van der Waals surface area contributed by atoms with Crippen LogP contribution in [0.15, 0.2) is 41.6 Å². The largest absolute Gasteiger partial charge is 0.521 e. The number of unbranched alkanes of at least 4 members (excludes halogenated alkanes) is 1. The van der Waals surface area contributed by atoms with Crippen LogP contribution in [-0.4, -0.2) is 41.6 Å². The van der Waals surface area contributed by atoms with Crippen LogP contribution in [0.3, 0.4) is 0 Å². The van der Waals surface area contributed by atoms with Crippen molar-refractivity contribution in [1.29, 1.82) is 0 Å². The van der Waals surface area contributed by atoms with E-state index >= 15 is 0 Å². The molecule has 2 aromatic rings. The first-order valence-electron chi connectivity index (χ1n) is 10.3. The lowest BCUT2D eigenvalue weighted by atomic mass is 9.94. The molecule has 3 rings (SSSR count). The Morgan fingerprint density at radius 2 is 1.79 bits per heavy atom. The summed E-state index contributed by atoms with van der Waals surface area (Å²) in [7, 11) is -1.53. The lowest BCUT2D eigenvalue weighted by Crippen LogP contribution is -2.34. The van der Waals surface area contributed by atoms with Crippen LogP contribution < -0.4 is 23.7 Å². The van der Waals surface area contributed by atoms with Gasteiger partial charge in [0.05, 0.1) is 26.5 Å². The first-order valence-corrected chi connectivity index (χ1v) is 11.6. The first kappa shape index (κ1) is 25.0.